The maximum atomic E-state index is 13.1. The van der Waals surface area contributed by atoms with E-state index in [4.69, 9.17) is 28.4 Å². The lowest BCUT2D eigenvalue weighted by molar-refractivity contribution is -0.332. The monoisotopic (exact) mass is 1140 g/mol. The summed E-state index contributed by atoms with van der Waals surface area (Å²) in [5.41, 5.74) is 0. The summed E-state index contributed by atoms with van der Waals surface area (Å²) in [6.07, 6.45) is 40.9. The van der Waals surface area contributed by atoms with Crippen molar-refractivity contribution in [3.05, 3.63) is 12.2 Å². The van der Waals surface area contributed by atoms with Gasteiger partial charge in [0.2, 0.25) is 0 Å². The number of ether oxygens (including phenoxy) is 6. The van der Waals surface area contributed by atoms with E-state index in [0.29, 0.717) is 12.8 Å². The first-order valence-electron chi connectivity index (χ1n) is 33.3. The van der Waals surface area contributed by atoms with Crippen LogP contribution in [0.3, 0.4) is 0 Å². The van der Waals surface area contributed by atoms with Crippen LogP contribution in [0.5, 0.6) is 0 Å². The third-order valence-corrected chi connectivity index (χ3v) is 16.2. The van der Waals surface area contributed by atoms with Crippen LogP contribution in [0.4, 0.5) is 0 Å². The van der Waals surface area contributed by atoms with Gasteiger partial charge in [0.25, 0.3) is 0 Å². The average molecular weight is 1140 g/mol. The molecule has 2 rings (SSSR count). The van der Waals surface area contributed by atoms with Crippen LogP contribution in [-0.2, 0) is 38.0 Å². The van der Waals surface area contributed by atoms with Crippen LogP contribution in [0.1, 0.15) is 296 Å². The van der Waals surface area contributed by atoms with Crippen LogP contribution in [0.2, 0.25) is 0 Å². The van der Waals surface area contributed by atoms with E-state index in [0.717, 1.165) is 38.5 Å². The Morgan fingerprint density at radius 1 is 0.388 bits per heavy atom. The summed E-state index contributed by atoms with van der Waals surface area (Å²) in [5.74, 6) is -0.904. The minimum atomic E-state index is -1.76. The van der Waals surface area contributed by atoms with Crippen molar-refractivity contribution < 1.29 is 73.8 Å². The van der Waals surface area contributed by atoms with Crippen molar-refractivity contribution in [2.45, 2.75) is 364 Å². The SMILES string of the molecule is CCCCCCCCCC/C=C\CCCCCCCCCCCCCC(=O)OC(COC(=O)CCCCCCCCCCCCCCCCCCCCCCC)COC1OC(COC2OC(CO)C(O)C(O)C2O)C(O)C(O)C1O. The van der Waals surface area contributed by atoms with E-state index < -0.39 is 92.7 Å². The molecule has 0 saturated carbocycles. The lowest BCUT2D eigenvalue weighted by Crippen LogP contribution is -2.61. The molecule has 2 fully saturated rings. The molecule has 0 amide bonds. The number of hydrogen-bond donors (Lipinski definition) is 7. The topological polar surface area (TPSA) is 231 Å². The maximum Gasteiger partial charge on any atom is 0.306 e. The summed E-state index contributed by atoms with van der Waals surface area (Å²) < 4.78 is 33.8. The fourth-order valence-electron chi connectivity index (χ4n) is 10.9. The van der Waals surface area contributed by atoms with Gasteiger partial charge in [-0.25, -0.2) is 0 Å². The van der Waals surface area contributed by atoms with Crippen molar-refractivity contribution in [3.63, 3.8) is 0 Å². The third kappa shape index (κ3) is 37.5. The van der Waals surface area contributed by atoms with E-state index in [-0.39, 0.29) is 26.1 Å². The minimum absolute atomic E-state index is 0.170. The molecule has 0 spiro atoms. The molecule has 80 heavy (non-hydrogen) atoms. The van der Waals surface area contributed by atoms with Gasteiger partial charge in [-0.05, 0) is 38.5 Å². The van der Waals surface area contributed by atoms with Crippen LogP contribution in [-0.4, -0.2) is 142 Å². The number of aliphatic hydroxyl groups excluding tert-OH is 7. The number of hydrogen-bond acceptors (Lipinski definition) is 15. The largest absolute Gasteiger partial charge is 0.462 e. The van der Waals surface area contributed by atoms with Crippen molar-refractivity contribution in [1.29, 1.82) is 0 Å². The molecule has 472 valence electrons. The first-order valence-corrected chi connectivity index (χ1v) is 33.3. The Morgan fingerprint density at radius 3 is 1.10 bits per heavy atom. The lowest BCUT2D eigenvalue weighted by atomic mass is 9.98. The Labute approximate surface area is 486 Å². The summed E-state index contributed by atoms with van der Waals surface area (Å²) in [5, 5.41) is 72.5. The highest BCUT2D eigenvalue weighted by Crippen LogP contribution is 2.27. The van der Waals surface area contributed by atoms with Crippen LogP contribution >= 0.6 is 0 Å². The average Bonchev–Trinajstić information content (AvgIpc) is 3.52. The number of carbonyl (C=O) groups is 2. The molecule has 2 heterocycles. The van der Waals surface area contributed by atoms with Crippen molar-refractivity contribution >= 4 is 11.9 Å². The number of rotatable bonds is 55. The molecule has 15 nitrogen and oxygen atoms in total. The molecule has 2 saturated heterocycles. The first-order chi connectivity index (χ1) is 39.0. The Hall–Kier alpha value is -1.76. The van der Waals surface area contributed by atoms with Crippen molar-refractivity contribution in [3.8, 4) is 0 Å². The highest BCUT2D eigenvalue weighted by Gasteiger charge is 2.47. The number of aliphatic hydroxyl groups is 7. The van der Waals surface area contributed by atoms with Gasteiger partial charge in [-0.2, -0.15) is 0 Å². The summed E-state index contributed by atoms with van der Waals surface area (Å²) in [7, 11) is 0. The molecule has 7 N–H and O–H groups in total. The third-order valence-electron chi connectivity index (χ3n) is 16.2. The normalized spacial score (nSPS) is 23.7. The highest BCUT2D eigenvalue weighted by atomic mass is 16.7. The predicted molar refractivity (Wildman–Crippen MR) is 317 cm³/mol. The number of esters is 2. The van der Waals surface area contributed by atoms with E-state index in [9.17, 15) is 45.3 Å². The molecule has 2 aliphatic heterocycles. The maximum absolute atomic E-state index is 13.1. The molecule has 2 aliphatic rings. The molecule has 0 radical (unpaired) electrons. The van der Waals surface area contributed by atoms with Gasteiger partial charge in [0.05, 0.1) is 19.8 Å². The van der Waals surface area contributed by atoms with Gasteiger partial charge in [-0.3, -0.25) is 9.59 Å². The molecular weight excluding hydrogens is 1020 g/mol. The molecule has 11 unspecified atom stereocenters. The second-order valence-corrected chi connectivity index (χ2v) is 23.7. The predicted octanol–water partition coefficient (Wildman–Crippen LogP) is 12.8. The van der Waals surface area contributed by atoms with Gasteiger partial charge in [-0.1, -0.05) is 257 Å². The zero-order chi connectivity index (χ0) is 58.1. The Bertz CT molecular complexity index is 1440. The number of allylic oxidation sites excluding steroid dienone is 2. The van der Waals surface area contributed by atoms with E-state index in [1.807, 2.05) is 0 Å². The van der Waals surface area contributed by atoms with E-state index >= 15 is 0 Å². The van der Waals surface area contributed by atoms with Gasteiger partial charge >= 0.3 is 11.9 Å². The lowest BCUT2D eigenvalue weighted by Gasteiger charge is -2.42. The molecule has 0 aliphatic carbocycles. The summed E-state index contributed by atoms with van der Waals surface area (Å²) in [6.45, 7) is 2.67. The van der Waals surface area contributed by atoms with Crippen LogP contribution in [0.25, 0.3) is 0 Å². The van der Waals surface area contributed by atoms with Crippen LogP contribution in [0.15, 0.2) is 12.2 Å². The van der Waals surface area contributed by atoms with Crippen LogP contribution < -0.4 is 0 Å². The minimum Gasteiger partial charge on any atom is -0.462 e. The van der Waals surface area contributed by atoms with E-state index in [1.54, 1.807) is 0 Å². The second kappa shape index (κ2) is 51.6. The summed E-state index contributed by atoms with van der Waals surface area (Å²) >= 11 is 0. The Balaban J connectivity index is 1.69. The molecule has 0 aromatic rings. The fraction of sp³-hybridized carbons (Fsp3) is 0.938. The second-order valence-electron chi connectivity index (χ2n) is 23.7. The molecular formula is C65H122O15. The van der Waals surface area contributed by atoms with Gasteiger partial charge in [0.1, 0.15) is 55.4 Å². The zero-order valence-corrected chi connectivity index (χ0v) is 50.8. The Kier molecular flexibility index (Phi) is 48.0. The van der Waals surface area contributed by atoms with E-state index in [2.05, 4.69) is 26.0 Å². The Morgan fingerprint density at radius 2 is 0.713 bits per heavy atom. The van der Waals surface area contributed by atoms with Gasteiger partial charge in [0, 0.05) is 12.8 Å². The molecule has 0 aromatic carbocycles. The molecule has 11 atom stereocenters. The fourth-order valence-corrected chi connectivity index (χ4v) is 10.9. The number of unbranched alkanes of at least 4 members (excludes halogenated alkanes) is 39. The van der Waals surface area contributed by atoms with Gasteiger partial charge in [0.15, 0.2) is 18.7 Å². The summed E-state index contributed by atoms with van der Waals surface area (Å²) in [6, 6.07) is 0. The van der Waals surface area contributed by atoms with Crippen molar-refractivity contribution in [2.24, 2.45) is 0 Å². The van der Waals surface area contributed by atoms with Crippen molar-refractivity contribution in [2.75, 3.05) is 26.4 Å². The first kappa shape index (κ1) is 74.3. The standard InChI is InChI=1S/C65H122O15/c1-3-5-7-9-11-13-15-17-19-21-23-25-26-28-30-32-34-36-38-40-42-44-46-48-57(68)78-53(51-76-64-63(74)61(72)59(70)55(80-64)52-77-65-62(73)60(71)58(69)54(49-66)79-65)50-75-56(67)47-45-43-41-39-37-35-33-31-29-27-24-22-20-18-16-14-12-10-8-6-4-2/h21,23,53-55,58-66,69-74H,3-20,22,24-52H2,1-2H3/b23-21-. The quantitative estimate of drug-likeness (QED) is 0.0171. The smallest absolute Gasteiger partial charge is 0.306 e. The van der Waals surface area contributed by atoms with Crippen LogP contribution in [0, 0.1) is 0 Å². The molecule has 0 aromatic heterocycles. The van der Waals surface area contributed by atoms with Gasteiger partial charge in [-0.15, -0.1) is 0 Å². The van der Waals surface area contributed by atoms with Crippen molar-refractivity contribution in [1.82, 2.24) is 0 Å². The zero-order valence-electron chi connectivity index (χ0n) is 50.8. The number of carbonyl (C=O) groups excluding carboxylic acids is 2. The van der Waals surface area contributed by atoms with E-state index in [1.165, 1.54) is 218 Å². The van der Waals surface area contributed by atoms with Gasteiger partial charge < -0.3 is 64.2 Å². The highest BCUT2D eigenvalue weighted by molar-refractivity contribution is 5.70. The molecule has 15 heteroatoms. The molecule has 0 bridgehead atoms. The summed E-state index contributed by atoms with van der Waals surface area (Å²) in [4.78, 5) is 26.0.